The zero-order valence-corrected chi connectivity index (χ0v) is 15.3. The van der Waals surface area contributed by atoms with Crippen LogP contribution in [-0.2, 0) is 6.61 Å². The average molecular weight is 351 g/mol. The van der Waals surface area contributed by atoms with Crippen LogP contribution in [0.3, 0.4) is 0 Å². The Morgan fingerprint density at radius 2 is 1.88 bits per heavy atom. The lowest BCUT2D eigenvalue weighted by molar-refractivity contribution is 0.282. The van der Waals surface area contributed by atoms with Crippen LogP contribution >= 0.6 is 0 Å². The van der Waals surface area contributed by atoms with Gasteiger partial charge in [0.1, 0.15) is 5.58 Å². The fourth-order valence-corrected chi connectivity index (χ4v) is 2.87. The van der Waals surface area contributed by atoms with Crippen molar-refractivity contribution in [2.24, 2.45) is 0 Å². The summed E-state index contributed by atoms with van der Waals surface area (Å²) in [5.74, 6) is 0. The Morgan fingerprint density at radius 3 is 2.62 bits per heavy atom. The molecule has 0 spiro atoms. The fourth-order valence-electron chi connectivity index (χ4n) is 2.87. The summed E-state index contributed by atoms with van der Waals surface area (Å²) in [4.78, 5) is 21.3. The summed E-state index contributed by atoms with van der Waals surface area (Å²) < 4.78 is 7.27. The lowest BCUT2D eigenvalue weighted by Crippen LogP contribution is -2.03. The molecule has 3 heterocycles. The summed E-state index contributed by atoms with van der Waals surface area (Å²) >= 11 is 0. The number of hydrogen-bond donors (Lipinski definition) is 1. The van der Waals surface area contributed by atoms with Crippen molar-refractivity contribution in [1.82, 2.24) is 14.4 Å². The predicted molar refractivity (Wildman–Crippen MR) is 101 cm³/mol. The molecular formula is C20H21N3O3. The summed E-state index contributed by atoms with van der Waals surface area (Å²) in [6.45, 7) is 7.70. The van der Waals surface area contributed by atoms with Crippen LogP contribution in [0.25, 0.3) is 27.9 Å². The Bertz CT molecular complexity index is 1140. The smallest absolute Gasteiger partial charge is 0.345 e. The highest BCUT2D eigenvalue weighted by atomic mass is 16.4. The van der Waals surface area contributed by atoms with Crippen LogP contribution in [0.15, 0.2) is 45.9 Å². The van der Waals surface area contributed by atoms with Gasteiger partial charge in [-0.15, -0.1) is 0 Å². The van der Waals surface area contributed by atoms with Crippen LogP contribution in [0, 0.1) is 13.8 Å². The van der Waals surface area contributed by atoms with E-state index in [0.29, 0.717) is 28.1 Å². The summed E-state index contributed by atoms with van der Waals surface area (Å²) in [5.41, 5.74) is 4.04. The minimum absolute atomic E-state index is 0.0978. The molecule has 0 fully saturated rings. The van der Waals surface area contributed by atoms with E-state index in [9.17, 15) is 9.90 Å². The molecule has 6 nitrogen and oxygen atoms in total. The van der Waals surface area contributed by atoms with Gasteiger partial charge >= 0.3 is 5.63 Å². The van der Waals surface area contributed by atoms with E-state index >= 15 is 0 Å². The number of benzene rings is 1. The Labute approximate surface area is 150 Å². The van der Waals surface area contributed by atoms with Gasteiger partial charge in [0.2, 0.25) is 0 Å². The van der Waals surface area contributed by atoms with Crippen molar-refractivity contribution in [3.8, 4) is 11.3 Å². The van der Waals surface area contributed by atoms with Gasteiger partial charge in [-0.3, -0.25) is 4.98 Å². The molecule has 134 valence electrons. The first-order valence-electron chi connectivity index (χ1n) is 8.56. The highest BCUT2D eigenvalue weighted by Crippen LogP contribution is 2.22. The third kappa shape index (κ3) is 3.11. The van der Waals surface area contributed by atoms with Crippen molar-refractivity contribution < 1.29 is 9.52 Å². The van der Waals surface area contributed by atoms with Gasteiger partial charge in [-0.25, -0.2) is 9.78 Å². The molecule has 3 aromatic heterocycles. The number of hydrogen-bond acceptors (Lipinski definition) is 5. The number of aliphatic hydroxyl groups is 1. The van der Waals surface area contributed by atoms with Crippen LogP contribution in [0.1, 0.15) is 30.8 Å². The van der Waals surface area contributed by atoms with Crippen molar-refractivity contribution in [3.05, 3.63) is 64.0 Å². The molecule has 0 bridgehead atoms. The molecule has 0 saturated heterocycles. The molecule has 0 atom stereocenters. The van der Waals surface area contributed by atoms with Crippen LogP contribution in [0.5, 0.6) is 0 Å². The van der Waals surface area contributed by atoms with Gasteiger partial charge in [-0.2, -0.15) is 0 Å². The highest BCUT2D eigenvalue weighted by molar-refractivity contribution is 5.81. The zero-order valence-electron chi connectivity index (χ0n) is 15.3. The van der Waals surface area contributed by atoms with E-state index in [0.717, 1.165) is 16.8 Å². The van der Waals surface area contributed by atoms with E-state index in [1.54, 1.807) is 24.4 Å². The Balaban J connectivity index is 0.000000948. The van der Waals surface area contributed by atoms with Gasteiger partial charge in [0.05, 0.1) is 29.3 Å². The van der Waals surface area contributed by atoms with Crippen LogP contribution in [-0.4, -0.2) is 19.5 Å². The van der Waals surface area contributed by atoms with Crippen molar-refractivity contribution in [2.45, 2.75) is 34.3 Å². The monoisotopic (exact) mass is 351 g/mol. The number of rotatable bonds is 2. The first-order valence-corrected chi connectivity index (χ1v) is 8.56. The third-order valence-electron chi connectivity index (χ3n) is 3.98. The second-order valence-corrected chi connectivity index (χ2v) is 5.80. The quantitative estimate of drug-likeness (QED) is 0.558. The van der Waals surface area contributed by atoms with Crippen molar-refractivity contribution in [2.75, 3.05) is 0 Å². The topological polar surface area (TPSA) is 80.6 Å². The molecule has 0 aliphatic rings. The molecule has 0 unspecified atom stereocenters. The van der Waals surface area contributed by atoms with Crippen LogP contribution in [0.4, 0.5) is 0 Å². The van der Waals surface area contributed by atoms with Crippen LogP contribution in [0.2, 0.25) is 0 Å². The molecule has 6 heteroatoms. The third-order valence-corrected chi connectivity index (χ3v) is 3.98. The molecule has 0 radical (unpaired) electrons. The SMILES string of the molecule is CC.Cc1cn2cc(-c3cc4ccc(CO)cc4oc3=O)nc2c(C)n1. The normalized spacial score (nSPS) is 10.8. The molecule has 0 amide bonds. The molecule has 0 aliphatic heterocycles. The Kier molecular flexibility index (Phi) is 4.86. The second-order valence-electron chi connectivity index (χ2n) is 5.80. The number of imidazole rings is 1. The maximum atomic E-state index is 12.4. The molecule has 4 aromatic rings. The van der Waals surface area contributed by atoms with E-state index in [2.05, 4.69) is 9.97 Å². The van der Waals surface area contributed by atoms with Crippen molar-refractivity contribution in [3.63, 3.8) is 0 Å². The minimum Gasteiger partial charge on any atom is -0.422 e. The number of aliphatic hydroxyl groups excluding tert-OH is 1. The van der Waals surface area contributed by atoms with Gasteiger partial charge in [-0.05, 0) is 31.5 Å². The first-order chi connectivity index (χ1) is 12.5. The lowest BCUT2D eigenvalue weighted by Gasteiger charge is -2.01. The van der Waals surface area contributed by atoms with Gasteiger partial charge in [0.25, 0.3) is 0 Å². The average Bonchev–Trinajstić information content (AvgIpc) is 3.06. The van der Waals surface area contributed by atoms with Gasteiger partial charge in [0.15, 0.2) is 5.65 Å². The van der Waals surface area contributed by atoms with Gasteiger partial charge < -0.3 is 13.9 Å². The maximum Gasteiger partial charge on any atom is 0.345 e. The standard InChI is InChI=1S/C18H15N3O3.C2H6/c1-10-7-21-8-15(20-17(21)11(2)19-10)14-6-13-4-3-12(9-22)5-16(13)24-18(14)23;1-2/h3-8,22H,9H2,1-2H3;1-2H3. The molecule has 4 rings (SSSR count). The van der Waals surface area contributed by atoms with Gasteiger partial charge in [0, 0.05) is 17.8 Å². The summed E-state index contributed by atoms with van der Waals surface area (Å²) in [7, 11) is 0. The van der Waals surface area contributed by atoms with Gasteiger partial charge in [-0.1, -0.05) is 26.0 Å². The summed E-state index contributed by atoms with van der Waals surface area (Å²) in [6, 6.07) is 7.05. The Morgan fingerprint density at radius 1 is 1.12 bits per heavy atom. The zero-order chi connectivity index (χ0) is 18.8. The maximum absolute atomic E-state index is 12.4. The fraction of sp³-hybridized carbons (Fsp3) is 0.250. The second kappa shape index (κ2) is 7.09. The summed E-state index contributed by atoms with van der Waals surface area (Å²) in [6.07, 6.45) is 3.67. The van der Waals surface area contributed by atoms with E-state index in [1.165, 1.54) is 0 Å². The van der Waals surface area contributed by atoms with Crippen molar-refractivity contribution >= 4 is 16.6 Å². The first kappa shape index (κ1) is 17.8. The molecule has 1 N–H and O–H groups in total. The van der Waals surface area contributed by atoms with Crippen LogP contribution < -0.4 is 5.63 Å². The minimum atomic E-state index is -0.455. The number of aromatic nitrogens is 3. The van der Waals surface area contributed by atoms with E-state index in [1.807, 2.05) is 44.4 Å². The van der Waals surface area contributed by atoms with E-state index in [4.69, 9.17) is 4.42 Å². The largest absolute Gasteiger partial charge is 0.422 e. The van der Waals surface area contributed by atoms with E-state index in [-0.39, 0.29) is 6.61 Å². The number of nitrogens with zero attached hydrogens (tertiary/aromatic N) is 3. The highest BCUT2D eigenvalue weighted by Gasteiger charge is 2.13. The molecule has 0 saturated carbocycles. The summed E-state index contributed by atoms with van der Waals surface area (Å²) in [5, 5.41) is 9.97. The van der Waals surface area contributed by atoms with E-state index < -0.39 is 5.63 Å². The molecule has 0 aliphatic carbocycles. The lowest BCUT2D eigenvalue weighted by atomic mass is 10.1. The molecule has 1 aromatic carbocycles. The van der Waals surface area contributed by atoms with Crippen molar-refractivity contribution in [1.29, 1.82) is 0 Å². The number of fused-ring (bicyclic) bond motifs is 2. The molecular weight excluding hydrogens is 330 g/mol. The predicted octanol–water partition coefficient (Wildman–Crippen LogP) is 3.64. The number of aryl methyl sites for hydroxylation is 2. The molecule has 26 heavy (non-hydrogen) atoms. The Hall–Kier alpha value is -2.99.